The molecule has 0 unspecified atom stereocenters. The molecule has 24 heavy (non-hydrogen) atoms. The van der Waals surface area contributed by atoms with Crippen LogP contribution in [-0.4, -0.2) is 39.4 Å². The Bertz CT molecular complexity index is 884. The summed E-state index contributed by atoms with van der Waals surface area (Å²) < 4.78 is 32.6. The first kappa shape index (κ1) is 17.1. The predicted molar refractivity (Wildman–Crippen MR) is 92.0 cm³/mol. The maximum Gasteiger partial charge on any atom is 0.240 e. The molecule has 0 saturated heterocycles. The van der Waals surface area contributed by atoms with Gasteiger partial charge in [-0.15, -0.1) is 0 Å². The fourth-order valence-electron chi connectivity index (χ4n) is 3.26. The lowest BCUT2D eigenvalue weighted by molar-refractivity contribution is 0.0974. The molecule has 0 fully saturated rings. The summed E-state index contributed by atoms with van der Waals surface area (Å²) >= 11 is 0. The van der Waals surface area contributed by atoms with E-state index >= 15 is 0 Å². The Balaban J connectivity index is 2.11. The number of rotatable bonds is 6. The van der Waals surface area contributed by atoms with E-state index in [1.54, 1.807) is 6.07 Å². The van der Waals surface area contributed by atoms with Crippen molar-refractivity contribution in [3.8, 4) is 0 Å². The third kappa shape index (κ3) is 2.99. The quantitative estimate of drug-likeness (QED) is 0.782. The van der Waals surface area contributed by atoms with Gasteiger partial charge < -0.3 is 9.72 Å². The average molecular weight is 350 g/mol. The van der Waals surface area contributed by atoms with Crippen molar-refractivity contribution in [3.63, 3.8) is 0 Å². The lowest BCUT2D eigenvalue weighted by atomic mass is 9.94. The van der Waals surface area contributed by atoms with Crippen LogP contribution in [0.4, 0.5) is 0 Å². The Labute approximate surface area is 141 Å². The van der Waals surface area contributed by atoms with E-state index in [-0.39, 0.29) is 17.2 Å². The zero-order chi connectivity index (χ0) is 17.3. The molecular weight excluding hydrogens is 328 g/mol. The highest BCUT2D eigenvalue weighted by Gasteiger charge is 2.25. The molecule has 0 bridgehead atoms. The molecule has 1 aromatic carbocycles. The topological polar surface area (TPSA) is 88.3 Å². The molecule has 1 aliphatic rings. The molecule has 6 nitrogen and oxygen atoms in total. The standard InChI is InChI=1S/C17H22N2O4S/c1-3-11-9-12-14(19-13-5-4-6-15(20)17(12)13)10-16(11)24(21,22)18-7-8-23-2/h9-10,18-19H,3-8H2,1-2H3. The molecule has 1 aromatic heterocycles. The molecule has 1 aliphatic carbocycles. The first-order valence-electron chi connectivity index (χ1n) is 8.17. The van der Waals surface area contributed by atoms with Gasteiger partial charge in [-0.3, -0.25) is 4.79 Å². The van der Waals surface area contributed by atoms with Crippen LogP contribution in [-0.2, 0) is 27.6 Å². The number of carbonyl (C=O) groups excluding carboxylic acids is 1. The fraction of sp³-hybridized carbons (Fsp3) is 0.471. The highest BCUT2D eigenvalue weighted by Crippen LogP contribution is 2.32. The van der Waals surface area contributed by atoms with E-state index in [2.05, 4.69) is 9.71 Å². The molecule has 130 valence electrons. The lowest BCUT2D eigenvalue weighted by Gasteiger charge is -2.12. The van der Waals surface area contributed by atoms with E-state index in [1.807, 2.05) is 13.0 Å². The van der Waals surface area contributed by atoms with Crippen LogP contribution in [0, 0.1) is 0 Å². The van der Waals surface area contributed by atoms with Gasteiger partial charge in [-0.2, -0.15) is 0 Å². The first-order chi connectivity index (χ1) is 11.5. The van der Waals surface area contributed by atoms with Gasteiger partial charge in [-0.1, -0.05) is 6.92 Å². The normalized spacial score (nSPS) is 15.0. The van der Waals surface area contributed by atoms with E-state index < -0.39 is 10.0 Å². The van der Waals surface area contributed by atoms with Gasteiger partial charge in [0.2, 0.25) is 10.0 Å². The van der Waals surface area contributed by atoms with Crippen molar-refractivity contribution in [2.24, 2.45) is 0 Å². The number of hydrogen-bond donors (Lipinski definition) is 2. The molecule has 0 aliphatic heterocycles. The molecule has 0 atom stereocenters. The Hall–Kier alpha value is -1.70. The van der Waals surface area contributed by atoms with Crippen LogP contribution in [0.15, 0.2) is 17.0 Å². The van der Waals surface area contributed by atoms with Gasteiger partial charge >= 0.3 is 0 Å². The number of aromatic amines is 1. The van der Waals surface area contributed by atoms with Gasteiger partial charge in [0, 0.05) is 42.2 Å². The Morgan fingerprint density at radius 1 is 1.29 bits per heavy atom. The van der Waals surface area contributed by atoms with Crippen molar-refractivity contribution >= 4 is 26.7 Å². The van der Waals surface area contributed by atoms with Crippen LogP contribution >= 0.6 is 0 Å². The minimum Gasteiger partial charge on any atom is -0.383 e. The largest absolute Gasteiger partial charge is 0.383 e. The van der Waals surface area contributed by atoms with E-state index in [4.69, 9.17) is 4.74 Å². The molecule has 0 saturated carbocycles. The number of nitrogens with one attached hydrogen (secondary N) is 2. The monoisotopic (exact) mass is 350 g/mol. The highest BCUT2D eigenvalue weighted by atomic mass is 32.2. The van der Waals surface area contributed by atoms with Gasteiger partial charge in [0.1, 0.15) is 0 Å². The van der Waals surface area contributed by atoms with Gasteiger partial charge in [0.05, 0.1) is 11.5 Å². The Morgan fingerprint density at radius 2 is 2.08 bits per heavy atom. The van der Waals surface area contributed by atoms with Crippen molar-refractivity contribution in [2.45, 2.75) is 37.5 Å². The molecule has 7 heteroatoms. The minimum atomic E-state index is -3.62. The molecule has 2 aromatic rings. The second-order valence-electron chi connectivity index (χ2n) is 6.00. The van der Waals surface area contributed by atoms with Gasteiger partial charge in [0.15, 0.2) is 5.78 Å². The van der Waals surface area contributed by atoms with Gasteiger partial charge in [-0.05, 0) is 37.0 Å². The number of fused-ring (bicyclic) bond motifs is 3. The summed E-state index contributed by atoms with van der Waals surface area (Å²) in [7, 11) is -2.09. The van der Waals surface area contributed by atoms with E-state index in [0.717, 1.165) is 29.5 Å². The number of hydrogen-bond acceptors (Lipinski definition) is 4. The number of H-pyrrole nitrogens is 1. The van der Waals surface area contributed by atoms with E-state index in [1.165, 1.54) is 7.11 Å². The number of carbonyl (C=O) groups is 1. The smallest absolute Gasteiger partial charge is 0.240 e. The van der Waals surface area contributed by atoms with Crippen LogP contribution in [0.5, 0.6) is 0 Å². The second-order valence-corrected chi connectivity index (χ2v) is 7.74. The SMILES string of the molecule is CCc1cc2c3c([nH]c2cc1S(=O)(=O)NCCOC)CCCC3=O. The van der Waals surface area contributed by atoms with Crippen molar-refractivity contribution < 1.29 is 17.9 Å². The van der Waals surface area contributed by atoms with Crippen LogP contribution in [0.2, 0.25) is 0 Å². The summed E-state index contributed by atoms with van der Waals surface area (Å²) in [5.74, 6) is 0.137. The minimum absolute atomic E-state index is 0.137. The van der Waals surface area contributed by atoms with Crippen molar-refractivity contribution in [3.05, 3.63) is 29.0 Å². The van der Waals surface area contributed by atoms with Crippen molar-refractivity contribution in [2.75, 3.05) is 20.3 Å². The number of ether oxygens (including phenoxy) is 1. The fourth-order valence-corrected chi connectivity index (χ4v) is 4.59. The summed E-state index contributed by atoms with van der Waals surface area (Å²) in [5, 5.41) is 0.836. The number of methoxy groups -OCH3 is 1. The Morgan fingerprint density at radius 3 is 2.79 bits per heavy atom. The van der Waals surface area contributed by atoms with Gasteiger partial charge in [0.25, 0.3) is 0 Å². The molecule has 0 amide bonds. The Kier molecular flexibility index (Phi) is 4.76. The molecule has 1 heterocycles. The zero-order valence-electron chi connectivity index (χ0n) is 13.9. The van der Waals surface area contributed by atoms with Crippen LogP contribution in [0.1, 0.15) is 41.4 Å². The van der Waals surface area contributed by atoms with Crippen LogP contribution in [0.25, 0.3) is 10.9 Å². The summed E-state index contributed by atoms with van der Waals surface area (Å²) in [5.41, 5.74) is 3.08. The van der Waals surface area contributed by atoms with Crippen molar-refractivity contribution in [1.29, 1.82) is 0 Å². The van der Waals surface area contributed by atoms with Crippen LogP contribution in [0.3, 0.4) is 0 Å². The molecule has 2 N–H and O–H groups in total. The molecule has 3 rings (SSSR count). The number of benzene rings is 1. The number of aromatic nitrogens is 1. The number of aryl methyl sites for hydroxylation is 2. The summed E-state index contributed by atoms with van der Waals surface area (Å²) in [6.07, 6.45) is 2.79. The lowest BCUT2D eigenvalue weighted by Crippen LogP contribution is -2.28. The summed E-state index contributed by atoms with van der Waals surface area (Å²) in [6, 6.07) is 3.49. The zero-order valence-corrected chi connectivity index (χ0v) is 14.8. The molecular formula is C17H22N2O4S. The summed E-state index contributed by atoms with van der Waals surface area (Å²) in [6.45, 7) is 2.45. The maximum absolute atomic E-state index is 12.6. The third-order valence-electron chi connectivity index (χ3n) is 4.44. The average Bonchev–Trinajstić information content (AvgIpc) is 2.92. The predicted octanol–water partition coefficient (Wildman–Crippen LogP) is 2.17. The van der Waals surface area contributed by atoms with E-state index in [9.17, 15) is 13.2 Å². The number of ketones is 1. The molecule has 0 radical (unpaired) electrons. The maximum atomic E-state index is 12.6. The molecule has 0 spiro atoms. The van der Waals surface area contributed by atoms with Crippen LogP contribution < -0.4 is 4.72 Å². The number of sulfonamides is 1. The third-order valence-corrected chi connectivity index (χ3v) is 5.98. The van der Waals surface area contributed by atoms with E-state index in [0.29, 0.717) is 30.5 Å². The highest BCUT2D eigenvalue weighted by molar-refractivity contribution is 7.89. The number of Topliss-reactive ketones (excluding diaryl/α,β-unsaturated/α-hetero) is 1. The van der Waals surface area contributed by atoms with Crippen molar-refractivity contribution in [1.82, 2.24) is 9.71 Å². The second kappa shape index (κ2) is 6.66. The summed E-state index contributed by atoms with van der Waals surface area (Å²) in [4.78, 5) is 15.8. The first-order valence-corrected chi connectivity index (χ1v) is 9.65. The van der Waals surface area contributed by atoms with Gasteiger partial charge in [-0.25, -0.2) is 13.1 Å².